The Kier molecular flexibility index (Phi) is 6.80. The Labute approximate surface area is 195 Å². The number of aliphatic hydroxyl groups excluding tert-OH is 1. The lowest BCUT2D eigenvalue weighted by Crippen LogP contribution is -2.45. The third-order valence-electron chi connectivity index (χ3n) is 5.51. The molecule has 1 saturated heterocycles. The minimum atomic E-state index is -1.01. The fourth-order valence-electron chi connectivity index (χ4n) is 3.77. The number of hydrogen-bond acceptors (Lipinski definition) is 7. The number of likely N-dealkylation sites (tertiary alicyclic amines) is 1. The number of benzene rings is 2. The Hall–Kier alpha value is -3.17. The molecule has 0 aliphatic carbocycles. The van der Waals surface area contributed by atoms with Gasteiger partial charge >= 0.3 is 0 Å². The van der Waals surface area contributed by atoms with Crippen molar-refractivity contribution in [3.8, 4) is 11.5 Å². The molecule has 2 N–H and O–H groups in total. The molecule has 3 aromatic rings. The van der Waals surface area contributed by atoms with Crippen LogP contribution in [-0.2, 0) is 4.79 Å². The van der Waals surface area contributed by atoms with Crippen molar-refractivity contribution in [2.75, 3.05) is 25.5 Å². The molecule has 0 radical (unpaired) electrons. The first-order chi connectivity index (χ1) is 15.9. The lowest BCUT2D eigenvalue weighted by Gasteiger charge is -2.33. The second-order valence-corrected chi connectivity index (χ2v) is 8.25. The van der Waals surface area contributed by atoms with Gasteiger partial charge in [-0.2, -0.15) is 0 Å². The monoisotopic (exact) mass is 474 g/mol. The van der Waals surface area contributed by atoms with Crippen LogP contribution in [0.3, 0.4) is 0 Å². The number of fused-ring (bicyclic) bond motifs is 1. The summed E-state index contributed by atoms with van der Waals surface area (Å²) in [6.07, 6.45) is 1.52. The molecule has 2 heterocycles. The van der Waals surface area contributed by atoms with Gasteiger partial charge < -0.3 is 24.8 Å². The number of amides is 1. The fourth-order valence-corrected chi connectivity index (χ4v) is 3.93. The zero-order valence-corrected chi connectivity index (χ0v) is 19.0. The van der Waals surface area contributed by atoms with E-state index < -0.39 is 11.9 Å². The van der Waals surface area contributed by atoms with Crippen LogP contribution in [0.2, 0.25) is 5.02 Å². The van der Waals surface area contributed by atoms with Crippen LogP contribution >= 0.6 is 11.6 Å². The molecule has 1 aliphatic rings. The molecule has 0 bridgehead atoms. The molecule has 1 unspecified atom stereocenters. The number of nitrogens with zero attached hydrogens (tertiary/aromatic N) is 3. The van der Waals surface area contributed by atoms with Crippen LogP contribution in [-0.4, -0.2) is 58.3 Å². The van der Waals surface area contributed by atoms with Crippen LogP contribution < -0.4 is 14.8 Å². The summed E-state index contributed by atoms with van der Waals surface area (Å²) in [5.41, 5.74) is 0.830. The molecule has 0 spiro atoms. The highest BCUT2D eigenvalue weighted by molar-refractivity contribution is 6.30. The van der Waals surface area contributed by atoms with Crippen molar-refractivity contribution in [1.82, 2.24) is 14.9 Å². The highest BCUT2D eigenvalue weighted by Gasteiger charge is 2.27. The predicted molar refractivity (Wildman–Crippen MR) is 123 cm³/mol. The summed E-state index contributed by atoms with van der Waals surface area (Å²) >= 11 is 5.83. The van der Waals surface area contributed by atoms with Gasteiger partial charge in [0, 0.05) is 42.4 Å². The van der Waals surface area contributed by atoms with E-state index in [0.717, 1.165) is 0 Å². The lowest BCUT2D eigenvalue weighted by molar-refractivity contribution is -0.141. The predicted octanol–water partition coefficient (Wildman–Crippen LogP) is 3.93. The summed E-state index contributed by atoms with van der Waals surface area (Å²) < 4.78 is 26.0. The summed E-state index contributed by atoms with van der Waals surface area (Å²) in [7, 11) is 1.54. The first kappa shape index (κ1) is 23.0. The van der Waals surface area contributed by atoms with Crippen molar-refractivity contribution in [2.24, 2.45) is 0 Å². The van der Waals surface area contributed by atoms with Crippen molar-refractivity contribution < 1.29 is 23.8 Å². The maximum atomic E-state index is 14.3. The third-order valence-corrected chi connectivity index (χ3v) is 5.74. The highest BCUT2D eigenvalue weighted by Crippen LogP contribution is 2.36. The molecular formula is C23H24ClFN4O4. The number of nitrogens with one attached hydrogen (secondary N) is 1. The SMILES string of the molecule is COc1cc2c(Nc3ccc(Cl)cc3F)ncnc2cc1OC1CCN(C(=O)C(C)O)CC1. The molecule has 1 atom stereocenters. The van der Waals surface area contributed by atoms with Gasteiger partial charge in [-0.15, -0.1) is 0 Å². The van der Waals surface area contributed by atoms with Gasteiger partial charge in [0.2, 0.25) is 0 Å². The molecule has 1 amide bonds. The molecule has 8 nitrogen and oxygen atoms in total. The van der Waals surface area contributed by atoms with Crippen molar-refractivity contribution >= 4 is 39.9 Å². The molecule has 10 heteroatoms. The number of anilines is 2. The van der Waals surface area contributed by atoms with Gasteiger partial charge in [0.1, 0.15) is 30.2 Å². The quantitative estimate of drug-likeness (QED) is 0.558. The zero-order valence-electron chi connectivity index (χ0n) is 18.2. The number of methoxy groups -OCH3 is 1. The maximum Gasteiger partial charge on any atom is 0.251 e. The van der Waals surface area contributed by atoms with Gasteiger partial charge in [-0.05, 0) is 31.2 Å². The number of carbonyl (C=O) groups is 1. The highest BCUT2D eigenvalue weighted by atomic mass is 35.5. The van der Waals surface area contributed by atoms with Gasteiger partial charge in [0.05, 0.1) is 18.3 Å². The van der Waals surface area contributed by atoms with Crippen molar-refractivity contribution in [3.05, 3.63) is 47.5 Å². The average molecular weight is 475 g/mol. The summed E-state index contributed by atoms with van der Waals surface area (Å²) in [6, 6.07) is 7.84. The van der Waals surface area contributed by atoms with Gasteiger partial charge in [0.15, 0.2) is 11.5 Å². The van der Waals surface area contributed by atoms with Gasteiger partial charge in [-0.25, -0.2) is 14.4 Å². The van der Waals surface area contributed by atoms with Crippen LogP contribution in [0.4, 0.5) is 15.9 Å². The number of carbonyl (C=O) groups excluding carboxylic acids is 1. The zero-order chi connectivity index (χ0) is 23.5. The second-order valence-electron chi connectivity index (χ2n) is 7.81. The van der Waals surface area contributed by atoms with Crippen molar-refractivity contribution in [3.63, 3.8) is 0 Å². The first-order valence-electron chi connectivity index (χ1n) is 10.5. The summed E-state index contributed by atoms with van der Waals surface area (Å²) in [5, 5.41) is 13.4. The largest absolute Gasteiger partial charge is 0.493 e. The van der Waals surface area contributed by atoms with Gasteiger partial charge in [-0.1, -0.05) is 11.6 Å². The summed E-state index contributed by atoms with van der Waals surface area (Å²) in [4.78, 5) is 22.2. The Morgan fingerprint density at radius 1 is 1.24 bits per heavy atom. The molecule has 2 aromatic carbocycles. The van der Waals surface area contributed by atoms with Gasteiger partial charge in [0.25, 0.3) is 5.91 Å². The van der Waals surface area contributed by atoms with E-state index in [1.807, 2.05) is 0 Å². The average Bonchev–Trinajstić information content (AvgIpc) is 2.80. The smallest absolute Gasteiger partial charge is 0.251 e. The normalized spacial score (nSPS) is 15.4. The van der Waals surface area contributed by atoms with E-state index in [-0.39, 0.29) is 17.7 Å². The Balaban J connectivity index is 1.55. The summed E-state index contributed by atoms with van der Waals surface area (Å²) in [5.74, 6) is 0.648. The van der Waals surface area contributed by atoms with E-state index in [1.165, 1.54) is 32.5 Å². The van der Waals surface area contributed by atoms with Crippen molar-refractivity contribution in [2.45, 2.75) is 32.0 Å². The van der Waals surface area contributed by atoms with E-state index >= 15 is 0 Å². The Morgan fingerprint density at radius 3 is 2.67 bits per heavy atom. The fraction of sp³-hybridized carbons (Fsp3) is 0.348. The molecule has 1 fully saturated rings. The van der Waals surface area contributed by atoms with Crippen LogP contribution in [0.15, 0.2) is 36.7 Å². The molecule has 1 aliphatic heterocycles. The van der Waals surface area contributed by atoms with E-state index in [1.54, 1.807) is 23.1 Å². The summed E-state index contributed by atoms with van der Waals surface area (Å²) in [6.45, 7) is 2.48. The minimum Gasteiger partial charge on any atom is -0.493 e. The van der Waals surface area contributed by atoms with Crippen LogP contribution in [0.25, 0.3) is 10.9 Å². The molecular weight excluding hydrogens is 451 g/mol. The Bertz CT molecular complexity index is 1170. The number of piperidine rings is 1. The standard InChI is InChI=1S/C23H24ClFN4O4/c1-13(30)23(31)29-7-5-15(6-8-29)33-21-11-19-16(10-20(21)32-2)22(27-12-26-19)28-18-4-3-14(24)9-17(18)25/h3-4,9-13,15,30H,5-8H2,1-2H3,(H,26,27,28). The number of aromatic nitrogens is 2. The van der Waals surface area contributed by atoms with Gasteiger partial charge in [-0.3, -0.25) is 4.79 Å². The third kappa shape index (κ3) is 5.09. The number of halogens is 2. The first-order valence-corrected chi connectivity index (χ1v) is 10.9. The number of hydrogen-bond donors (Lipinski definition) is 2. The molecule has 0 saturated carbocycles. The second kappa shape index (κ2) is 9.76. The topological polar surface area (TPSA) is 96.8 Å². The van der Waals surface area contributed by atoms with E-state index in [2.05, 4.69) is 15.3 Å². The number of aliphatic hydroxyl groups is 1. The maximum absolute atomic E-state index is 14.3. The van der Waals surface area contributed by atoms with Crippen LogP contribution in [0.1, 0.15) is 19.8 Å². The van der Waals surface area contributed by atoms with Crippen LogP contribution in [0.5, 0.6) is 11.5 Å². The molecule has 4 rings (SSSR count). The Morgan fingerprint density at radius 2 is 2.00 bits per heavy atom. The number of rotatable bonds is 6. The van der Waals surface area contributed by atoms with E-state index in [4.69, 9.17) is 21.1 Å². The molecule has 174 valence electrons. The lowest BCUT2D eigenvalue weighted by atomic mass is 10.1. The molecule has 33 heavy (non-hydrogen) atoms. The van der Waals surface area contributed by atoms with Crippen molar-refractivity contribution in [1.29, 1.82) is 0 Å². The minimum absolute atomic E-state index is 0.114. The van der Waals surface area contributed by atoms with Crippen LogP contribution in [0, 0.1) is 5.82 Å². The number of ether oxygens (including phenoxy) is 2. The van der Waals surface area contributed by atoms with E-state index in [0.29, 0.717) is 59.2 Å². The van der Waals surface area contributed by atoms with E-state index in [9.17, 15) is 14.3 Å². The molecule has 1 aromatic heterocycles.